The monoisotopic (exact) mass is 1430 g/mol. The molecule has 0 bridgehead atoms. The number of aromatic hydroxyl groups is 4. The Morgan fingerprint density at radius 3 is 1.11 bits per heavy atom. The van der Waals surface area contributed by atoms with Gasteiger partial charge < -0.3 is 145 Å². The molecule has 0 saturated carbocycles. The van der Waals surface area contributed by atoms with E-state index in [9.17, 15) is 0 Å². The van der Waals surface area contributed by atoms with Gasteiger partial charge in [0.15, 0.2) is 41.6 Å². The average Bonchev–Trinajstić information content (AvgIpc) is 0.813. The number of aryl methyl sites for hydroxylation is 2. The van der Waals surface area contributed by atoms with Crippen molar-refractivity contribution >= 4 is 82.4 Å². The zero-order valence-electron chi connectivity index (χ0n) is 68.6. The Kier molecular flexibility index (Phi) is 20.7. The van der Waals surface area contributed by atoms with Crippen molar-refractivity contribution in [1.82, 2.24) is 0 Å². The van der Waals surface area contributed by atoms with Crippen molar-refractivity contribution in [3.8, 4) is 51.7 Å². The fourth-order valence-corrected chi connectivity index (χ4v) is 11.0. The third-order valence-electron chi connectivity index (χ3n) is 11.2. The Morgan fingerprint density at radius 2 is 0.689 bits per heavy atom. The van der Waals surface area contributed by atoms with Crippen LogP contribution in [0.1, 0.15) is 23.1 Å². The lowest BCUT2D eigenvalue weighted by Gasteiger charge is -2.19. The molecule has 0 fully saturated rings. The molecule has 30 nitrogen and oxygen atoms in total. The van der Waals surface area contributed by atoms with Gasteiger partial charge in [0.05, 0.1) is 21.3 Å². The van der Waals surface area contributed by atoms with Gasteiger partial charge in [0.1, 0.15) is 53.5 Å². The third kappa shape index (κ3) is 34.6. The van der Waals surface area contributed by atoms with Gasteiger partial charge in [0.2, 0.25) is 0 Å². The fourth-order valence-electron chi connectivity index (χ4n) is 6.67. The molecule has 1 heterocycles. The molecule has 0 saturated heterocycles. The summed E-state index contributed by atoms with van der Waals surface area (Å²) in [6.45, 7) is 0.879. The molecular formula is C53H76O30Si7. The van der Waals surface area contributed by atoms with Crippen molar-refractivity contribution in [3.05, 3.63) is 174 Å². The van der Waals surface area contributed by atoms with Crippen LogP contribution in [0.4, 0.5) is 0 Å². The van der Waals surface area contributed by atoms with Crippen LogP contribution in [0.15, 0.2) is 158 Å². The van der Waals surface area contributed by atoms with Gasteiger partial charge in [-0.05, 0) is 121 Å². The summed E-state index contributed by atoms with van der Waals surface area (Å²) < 4.78 is 168. The van der Waals surface area contributed by atoms with E-state index in [1.807, 2.05) is 0 Å². The summed E-state index contributed by atoms with van der Waals surface area (Å²) in [6, 6.07) is 40.5. The highest BCUT2D eigenvalue weighted by Gasteiger charge is 2.34. The number of phenols is 4. The molecule has 496 valence electrons. The molecule has 0 aromatic heterocycles. The molecule has 37 heteroatoms. The minimum atomic E-state index is -3.85. The second-order valence-electron chi connectivity index (χ2n) is 18.5. The second-order valence-corrected chi connectivity index (χ2v) is 30.7. The van der Waals surface area contributed by atoms with Gasteiger partial charge in [-0.2, -0.15) is 0 Å². The van der Waals surface area contributed by atoms with E-state index in [0.29, 0.717) is 77.2 Å². The molecule has 7 aromatic rings. The molecule has 25 N–H and O–H groups in total. The SMILES string of the molecule is [3H]O[Si](CCCc1ccc(O)cc1)(O[3H])O[3H].[3H]O[Si](CCc1ccc(O)cc1)(O[3H])O[3H].[3H]O[Si](Cc1ccc(O)cc1)(O[3H])O[3H].[3H]O[Si](O[3H])(O[3H])c1cc(OC)cc(OC)c1.[3H]O[Si](O[3H])(O[3H])c1ccc(O)cc1.[3H]O[Si](O[3H])(O[3H])c1ccc(OC)cc1.[3H]O[Si](O[3H])(O[3H])c1ccc2c(c1)OCCO2. The number of ether oxygens (including phenoxy) is 5. The van der Waals surface area contributed by atoms with E-state index in [-0.39, 0.29) is 51.5 Å². The first-order chi connectivity index (χ1) is 53.3. The topological polar surface area (TPSA) is 552 Å². The zero-order chi connectivity index (χ0) is 83.2. The van der Waals surface area contributed by atoms with Crippen LogP contribution >= 0.6 is 0 Å². The second kappa shape index (κ2) is 36.5. The van der Waals surface area contributed by atoms with Crippen LogP contribution in [0.25, 0.3) is 0 Å². The van der Waals surface area contributed by atoms with Gasteiger partial charge in [-0.25, -0.2) is 0 Å². The molecule has 0 spiro atoms. The Bertz CT molecular complexity index is 3550. The van der Waals surface area contributed by atoms with E-state index < -0.39 is 61.6 Å². The fraction of sp³-hybridized carbons (Fsp3) is 0.208. The minimum absolute atomic E-state index is 0.0246. The number of benzene rings is 7. The van der Waals surface area contributed by atoms with E-state index in [0.717, 1.165) is 11.1 Å². The highest BCUT2D eigenvalue weighted by molar-refractivity contribution is 6.73. The molecule has 8 rings (SSSR count). The first-order valence-corrected chi connectivity index (χ1v) is 38.4. The van der Waals surface area contributed by atoms with Gasteiger partial charge >= 0.3 is 61.6 Å². The lowest BCUT2D eigenvalue weighted by atomic mass is 10.1. The van der Waals surface area contributed by atoms with Crippen molar-refractivity contribution in [2.75, 3.05) is 34.5 Å². The van der Waals surface area contributed by atoms with E-state index in [2.05, 4.69) is 101 Å². The quantitative estimate of drug-likeness (QED) is 0.0161. The number of hydrogen-bond donors (Lipinski definition) is 25. The molecule has 0 atom stereocenters. The predicted molar refractivity (Wildman–Crippen MR) is 333 cm³/mol. The molecule has 0 radical (unpaired) electrons. The van der Waals surface area contributed by atoms with E-state index in [1.54, 1.807) is 72.8 Å². The predicted octanol–water partition coefficient (Wildman–Crippen LogP) is -5.78. The molecule has 1 aliphatic rings. The highest BCUT2D eigenvalue weighted by atomic mass is 28.4. The lowest BCUT2D eigenvalue weighted by molar-refractivity contribution is 0.171. The first-order valence-electron chi connectivity index (χ1n) is 34.3. The van der Waals surface area contributed by atoms with Crippen LogP contribution in [0.5, 0.6) is 51.7 Å². The van der Waals surface area contributed by atoms with Crippen molar-refractivity contribution in [3.63, 3.8) is 0 Å². The summed E-state index contributed by atoms with van der Waals surface area (Å²) >= 11 is 0. The van der Waals surface area contributed by atoms with Gasteiger partial charge in [0, 0.05) is 44.9 Å². The zero-order valence-corrected chi connectivity index (χ0v) is 54.6. The summed E-state index contributed by atoms with van der Waals surface area (Å²) in [4.78, 5) is 88.6. The molecule has 0 aliphatic carbocycles. The highest BCUT2D eigenvalue weighted by Crippen LogP contribution is 2.28. The van der Waals surface area contributed by atoms with Crippen LogP contribution in [0, 0.1) is 0 Å². The molecule has 7 aromatic carbocycles. The Morgan fingerprint density at radius 1 is 0.333 bits per heavy atom. The molecular weight excluding hydrogens is 1310 g/mol. The number of fused-ring (bicyclic) bond motifs is 1. The largest absolute Gasteiger partial charge is 0.529 e. The maximum absolute atomic E-state index is 9.10. The Hall–Kier alpha value is -6.58. The van der Waals surface area contributed by atoms with E-state index in [4.69, 9.17) is 74.2 Å². The Balaban J connectivity index is 0.000000440. The summed E-state index contributed by atoms with van der Waals surface area (Å²) in [5.74, 6) is 2.97. The molecule has 0 unspecified atom stereocenters. The van der Waals surface area contributed by atoms with Gasteiger partial charge in [-0.1, -0.05) is 66.7 Å². The smallest absolute Gasteiger partial charge is 0.508 e. The van der Waals surface area contributed by atoms with Crippen LogP contribution in [0.2, 0.25) is 12.1 Å². The maximum Gasteiger partial charge on any atom is 0.529 e. The van der Waals surface area contributed by atoms with Gasteiger partial charge in [-0.3, -0.25) is 0 Å². The number of hydrogen-bond acceptors (Lipinski definition) is 30. The number of methoxy groups -OCH3 is 3. The van der Waals surface area contributed by atoms with Gasteiger partial charge in [0.25, 0.3) is 0 Å². The average molecular weight is 1430 g/mol. The van der Waals surface area contributed by atoms with Crippen molar-refractivity contribution in [2.45, 2.75) is 37.4 Å². The van der Waals surface area contributed by atoms with Crippen molar-refractivity contribution < 1.29 is 145 Å². The van der Waals surface area contributed by atoms with Crippen molar-refractivity contribution in [1.29, 1.82) is 30.1 Å². The van der Waals surface area contributed by atoms with Crippen LogP contribution < -0.4 is 44.4 Å². The van der Waals surface area contributed by atoms with Crippen LogP contribution in [0.3, 0.4) is 0 Å². The summed E-state index contributed by atoms with van der Waals surface area (Å²) in [7, 11) is -21.1. The van der Waals surface area contributed by atoms with Crippen LogP contribution in [-0.4, -0.2) is 247 Å². The summed E-state index contributed by atoms with van der Waals surface area (Å²) in [5, 5.41) is 37.3. The number of phenolic OH excluding ortho intramolecular Hbond substituents is 4. The van der Waals surface area contributed by atoms with E-state index >= 15 is 0 Å². The molecule has 1 aliphatic heterocycles. The van der Waals surface area contributed by atoms with Gasteiger partial charge in [-0.15, -0.1) is 0 Å². The van der Waals surface area contributed by atoms with E-state index in [1.165, 1.54) is 106 Å². The molecule has 0 amide bonds. The van der Waals surface area contributed by atoms with Crippen molar-refractivity contribution in [2.24, 2.45) is 0 Å². The first kappa shape index (κ1) is 51.0. The summed E-state index contributed by atoms with van der Waals surface area (Å²) in [5.41, 5.74) is 2.54. The number of rotatable bonds is 37. The normalized spacial score (nSPS) is 15.1. The Labute approximate surface area is 554 Å². The summed E-state index contributed by atoms with van der Waals surface area (Å²) in [6.07, 6.45) is 1.70. The van der Waals surface area contributed by atoms with Crippen LogP contribution in [-0.2, 0) is 18.9 Å². The standard InChI is InChI=1S/C9H14O4Si.C8H10O5Si.C8H12O5Si.C8H12O4Si.2C7H10O4Si.C6H8O4Si/c10-9-5-3-8(4-6-9)2-1-7-14(11,12)13;9-14(10,11)6-1-2-7-8(5-6)13-4-3-12-7;1-12-6-3-7(13-2)5-8(4-6)14(9,10)11;9-8-3-1-7(2-4-8)5-6-13(10,11)12;1-11-6-2-4-7(5-3-6)12(8,9)10;8-7-3-1-6(2-4-7)5-12(9,10)11;7-5-1-3-6(4-2-5)11(8,9)10/h3-6,10-13H,1-2,7H2;1-2,5,9-11H,3-4H2;3-5,9-11H,1-2H3;1-4,9-12H,5-6H2;2-5,8-10H,1H3;1-4,8-11H,5H2;1-4,7-10H/i11T,12T,13T;2*9T,10T,11T;10T,11T,12T;8T,9T,10T;9T,10T,11T;8T,9T,10T. The minimum Gasteiger partial charge on any atom is -0.508 e. The third-order valence-corrected chi connectivity index (χ3v) is 17.9. The molecule has 90 heavy (non-hydrogen) atoms. The lowest BCUT2D eigenvalue weighted by Crippen LogP contribution is -2.48. The maximum atomic E-state index is 9.10.